The summed E-state index contributed by atoms with van der Waals surface area (Å²) in [6.45, 7) is -0.598. The SMILES string of the molecule is Cl.N[C@@H](CO)C(=O)NCCC1=C(O)C(=O)C=C(O)C1=O. The molecular formula is C11H15ClN2O6. The number of carbonyl (C=O) groups is 3. The first kappa shape index (κ1) is 18.1. The number of halogens is 1. The molecule has 0 saturated carbocycles. The molecule has 0 radical (unpaired) electrons. The van der Waals surface area contributed by atoms with Crippen LogP contribution in [0, 0.1) is 0 Å². The third kappa shape index (κ3) is 4.05. The van der Waals surface area contributed by atoms with Crippen LogP contribution >= 0.6 is 12.4 Å². The van der Waals surface area contributed by atoms with Crippen LogP contribution in [0.5, 0.6) is 0 Å². The van der Waals surface area contributed by atoms with Crippen molar-refractivity contribution in [3.63, 3.8) is 0 Å². The summed E-state index contributed by atoms with van der Waals surface area (Å²) in [6, 6.07) is -1.08. The summed E-state index contributed by atoms with van der Waals surface area (Å²) < 4.78 is 0. The van der Waals surface area contributed by atoms with Gasteiger partial charge in [0.05, 0.1) is 12.2 Å². The highest BCUT2D eigenvalue weighted by Gasteiger charge is 2.27. The zero-order chi connectivity index (χ0) is 14.6. The third-order valence-corrected chi connectivity index (χ3v) is 2.50. The lowest BCUT2D eigenvalue weighted by Gasteiger charge is -2.13. The molecule has 20 heavy (non-hydrogen) atoms. The number of amides is 1. The minimum absolute atomic E-state index is 0. The average Bonchev–Trinajstić information content (AvgIpc) is 2.39. The summed E-state index contributed by atoms with van der Waals surface area (Å²) >= 11 is 0. The van der Waals surface area contributed by atoms with Gasteiger partial charge < -0.3 is 26.4 Å². The fraction of sp³-hybridized carbons (Fsp3) is 0.364. The molecular weight excluding hydrogens is 292 g/mol. The van der Waals surface area contributed by atoms with Crippen molar-refractivity contribution in [2.75, 3.05) is 13.2 Å². The maximum Gasteiger partial charge on any atom is 0.239 e. The molecule has 0 aliphatic heterocycles. The standard InChI is InChI=1S/C11H14N2O6.ClH/c12-6(4-14)11(19)13-2-1-5-9(17)7(15)3-8(16)10(5)18;/h3,6,14-15,18H,1-2,4,12H2,(H,13,19);1H/t6-;/m0./s1. The number of Topliss-reactive ketones (excluding diaryl/α,β-unsaturated/α-hetero) is 1. The average molecular weight is 307 g/mol. The second-order valence-corrected chi connectivity index (χ2v) is 3.88. The quantitative estimate of drug-likeness (QED) is 0.394. The van der Waals surface area contributed by atoms with E-state index in [0.717, 1.165) is 0 Å². The number of aliphatic hydroxyl groups is 3. The van der Waals surface area contributed by atoms with Crippen LogP contribution in [0.3, 0.4) is 0 Å². The lowest BCUT2D eigenvalue weighted by molar-refractivity contribution is -0.123. The summed E-state index contributed by atoms with van der Waals surface area (Å²) in [5.74, 6) is -3.86. The van der Waals surface area contributed by atoms with Gasteiger partial charge in [0.1, 0.15) is 6.04 Å². The van der Waals surface area contributed by atoms with Crippen molar-refractivity contribution in [3.8, 4) is 0 Å². The van der Waals surface area contributed by atoms with Crippen molar-refractivity contribution in [2.24, 2.45) is 5.73 Å². The Morgan fingerprint density at radius 2 is 1.95 bits per heavy atom. The van der Waals surface area contributed by atoms with Crippen molar-refractivity contribution in [3.05, 3.63) is 23.2 Å². The fourth-order valence-corrected chi connectivity index (χ4v) is 1.43. The first-order valence-electron chi connectivity index (χ1n) is 5.44. The number of hydrogen-bond donors (Lipinski definition) is 5. The van der Waals surface area contributed by atoms with Gasteiger partial charge in [-0.15, -0.1) is 12.4 Å². The number of hydrogen-bond acceptors (Lipinski definition) is 7. The normalized spacial score (nSPS) is 16.4. The van der Waals surface area contributed by atoms with Crippen LogP contribution in [0.25, 0.3) is 0 Å². The number of carbonyl (C=O) groups excluding carboxylic acids is 3. The zero-order valence-electron chi connectivity index (χ0n) is 10.3. The van der Waals surface area contributed by atoms with Gasteiger partial charge in [0.2, 0.25) is 17.5 Å². The van der Waals surface area contributed by atoms with E-state index < -0.39 is 41.6 Å². The van der Waals surface area contributed by atoms with Gasteiger partial charge in [-0.25, -0.2) is 0 Å². The minimum atomic E-state index is -1.08. The Kier molecular flexibility index (Phi) is 6.91. The summed E-state index contributed by atoms with van der Waals surface area (Å²) in [5.41, 5.74) is 4.97. The molecule has 8 nitrogen and oxygen atoms in total. The fourth-order valence-electron chi connectivity index (χ4n) is 1.43. The Labute approximate surface area is 120 Å². The van der Waals surface area contributed by atoms with Gasteiger partial charge in [0.25, 0.3) is 0 Å². The predicted octanol–water partition coefficient (Wildman–Crippen LogP) is -1.36. The Bertz CT molecular complexity index is 485. The molecule has 0 fully saturated rings. The molecule has 0 aromatic carbocycles. The van der Waals surface area contributed by atoms with E-state index >= 15 is 0 Å². The van der Waals surface area contributed by atoms with Crippen molar-refractivity contribution >= 4 is 29.9 Å². The molecule has 0 spiro atoms. The van der Waals surface area contributed by atoms with E-state index in [9.17, 15) is 24.6 Å². The molecule has 0 bridgehead atoms. The Hall–Kier alpha value is -1.90. The van der Waals surface area contributed by atoms with E-state index in [4.69, 9.17) is 10.8 Å². The van der Waals surface area contributed by atoms with Crippen LogP contribution in [0.15, 0.2) is 23.2 Å². The predicted molar refractivity (Wildman–Crippen MR) is 70.3 cm³/mol. The van der Waals surface area contributed by atoms with Crippen molar-refractivity contribution in [2.45, 2.75) is 12.5 Å². The van der Waals surface area contributed by atoms with Gasteiger partial charge in [-0.1, -0.05) is 0 Å². The van der Waals surface area contributed by atoms with Crippen molar-refractivity contribution in [1.82, 2.24) is 5.32 Å². The van der Waals surface area contributed by atoms with E-state index in [1.54, 1.807) is 0 Å². The highest BCUT2D eigenvalue weighted by molar-refractivity contribution is 6.20. The van der Waals surface area contributed by atoms with Gasteiger partial charge in [0.15, 0.2) is 11.5 Å². The maximum absolute atomic E-state index is 11.5. The second-order valence-electron chi connectivity index (χ2n) is 3.88. The Morgan fingerprint density at radius 3 is 2.50 bits per heavy atom. The summed E-state index contributed by atoms with van der Waals surface area (Å²) in [6.07, 6.45) is 0.486. The molecule has 1 atom stereocenters. The number of nitrogens with one attached hydrogen (secondary N) is 1. The number of ketones is 2. The van der Waals surface area contributed by atoms with Crippen molar-refractivity contribution in [1.29, 1.82) is 0 Å². The van der Waals surface area contributed by atoms with E-state index in [2.05, 4.69) is 5.32 Å². The molecule has 9 heteroatoms. The third-order valence-electron chi connectivity index (χ3n) is 2.50. The number of aliphatic hydroxyl groups excluding tert-OH is 3. The monoisotopic (exact) mass is 306 g/mol. The first-order valence-corrected chi connectivity index (χ1v) is 5.44. The Balaban J connectivity index is 0.00000361. The van der Waals surface area contributed by atoms with E-state index in [0.29, 0.717) is 6.08 Å². The highest BCUT2D eigenvalue weighted by atomic mass is 35.5. The number of nitrogens with two attached hydrogens (primary N) is 1. The van der Waals surface area contributed by atoms with Crippen LogP contribution < -0.4 is 11.1 Å². The summed E-state index contributed by atoms with van der Waals surface area (Å²) in [7, 11) is 0. The molecule has 0 saturated heterocycles. The van der Waals surface area contributed by atoms with Gasteiger partial charge in [-0.05, 0) is 6.42 Å². The highest BCUT2D eigenvalue weighted by Crippen LogP contribution is 2.18. The largest absolute Gasteiger partial charge is 0.504 e. The molecule has 6 N–H and O–H groups in total. The minimum Gasteiger partial charge on any atom is -0.504 e. The maximum atomic E-state index is 11.5. The van der Waals surface area contributed by atoms with E-state index in [1.165, 1.54) is 0 Å². The Morgan fingerprint density at radius 1 is 1.35 bits per heavy atom. The van der Waals surface area contributed by atoms with Gasteiger partial charge in [-0.2, -0.15) is 0 Å². The molecule has 112 valence electrons. The summed E-state index contributed by atoms with van der Waals surface area (Å²) in [4.78, 5) is 33.9. The number of rotatable bonds is 5. The molecule has 1 aliphatic carbocycles. The van der Waals surface area contributed by atoms with Crippen LogP contribution in [0.1, 0.15) is 6.42 Å². The van der Waals surface area contributed by atoms with Crippen LogP contribution in [0.4, 0.5) is 0 Å². The van der Waals surface area contributed by atoms with Gasteiger partial charge in [0, 0.05) is 12.6 Å². The van der Waals surface area contributed by atoms with E-state index in [1.807, 2.05) is 0 Å². The van der Waals surface area contributed by atoms with Crippen molar-refractivity contribution < 1.29 is 29.7 Å². The second kappa shape index (κ2) is 7.63. The summed E-state index contributed by atoms with van der Waals surface area (Å²) in [5, 5.41) is 29.5. The molecule has 0 unspecified atom stereocenters. The van der Waals surface area contributed by atoms with Gasteiger partial charge in [-0.3, -0.25) is 14.4 Å². The number of allylic oxidation sites excluding steroid dienone is 2. The molecule has 0 heterocycles. The van der Waals surface area contributed by atoms with Crippen LogP contribution in [-0.4, -0.2) is 52.0 Å². The molecule has 1 rings (SSSR count). The topological polar surface area (TPSA) is 150 Å². The lowest BCUT2D eigenvalue weighted by Crippen LogP contribution is -2.43. The molecule has 1 aliphatic rings. The first-order chi connectivity index (χ1) is 8.88. The van der Waals surface area contributed by atoms with Crippen LogP contribution in [-0.2, 0) is 14.4 Å². The molecule has 1 amide bonds. The lowest BCUT2D eigenvalue weighted by atomic mass is 9.97. The van der Waals surface area contributed by atoms with Gasteiger partial charge >= 0.3 is 0 Å². The molecule has 0 aromatic heterocycles. The van der Waals surface area contributed by atoms with Crippen LogP contribution in [0.2, 0.25) is 0 Å². The zero-order valence-corrected chi connectivity index (χ0v) is 11.1. The molecule has 0 aromatic rings. The van der Waals surface area contributed by atoms with E-state index in [-0.39, 0.29) is 30.9 Å². The smallest absolute Gasteiger partial charge is 0.239 e.